The van der Waals surface area contributed by atoms with E-state index in [0.29, 0.717) is 66.9 Å². The van der Waals surface area contributed by atoms with E-state index in [2.05, 4.69) is 20.1 Å². The van der Waals surface area contributed by atoms with E-state index < -0.39 is 94.6 Å². The first-order valence-electron chi connectivity index (χ1n) is 29.7. The van der Waals surface area contributed by atoms with Crippen molar-refractivity contribution in [2.75, 3.05) is 50.6 Å². The number of aliphatic hydroxyl groups excluding tert-OH is 2. The van der Waals surface area contributed by atoms with Gasteiger partial charge in [-0.3, -0.25) is 24.2 Å². The number of amides is 1. The molecule has 2 saturated heterocycles. The smallest absolute Gasteiger partial charge is 0.312 e. The van der Waals surface area contributed by atoms with Gasteiger partial charge >= 0.3 is 11.8 Å². The standard InChI is InChI=1S/C64H81FN6O14/c1-31-13-12-14-32(2)62(80)67-49-43(28-66-70-24-18-40(19-25-70)68-64(21-22-64)39-17-23-69(30-39)51-44(65)27-42-50(60(51)82-11)71(41-15-16-41)29-33(3)53(42)74)56(77)46-47(57(49)78)55(76)37(7)59-48(46)61(79)63(9,85-59)83-26-20-45(81-10)34(4)58(84-38(8)72)36(6)54(75)35(5)52(31)73/h12-14,20,26-29,31,34-36,39-41,45,52,54,58,68,73,75-78H,15-19,21-25,30H2,1-11H3,(H,67,80)/b13-12+,26-20+,32-14-,66-28+/t31-,34+,35+,36+,39?,45-,52-,54+,58+,63-/m0/s1. The van der Waals surface area contributed by atoms with E-state index in [1.54, 1.807) is 53.9 Å². The number of Topliss-reactive ketones (excluding diaryl/α,β-unsaturated/α-hetero) is 1. The number of aliphatic hydroxyl groups is 2. The first-order valence-corrected chi connectivity index (χ1v) is 29.7. The Balaban J connectivity index is 0.927. The number of aromatic nitrogens is 1. The highest BCUT2D eigenvalue weighted by molar-refractivity contribution is 6.24. The molecule has 10 atom stereocenters. The van der Waals surface area contributed by atoms with Crippen LogP contribution in [0.2, 0.25) is 0 Å². The van der Waals surface area contributed by atoms with Gasteiger partial charge in [0.05, 0.1) is 71.0 Å². The Morgan fingerprint density at radius 1 is 0.906 bits per heavy atom. The third-order valence-corrected chi connectivity index (χ3v) is 18.9. The van der Waals surface area contributed by atoms with Crippen molar-refractivity contribution in [2.24, 2.45) is 34.7 Å². The van der Waals surface area contributed by atoms with Gasteiger partial charge in [0, 0.05) is 117 Å². The van der Waals surface area contributed by atoms with Gasteiger partial charge in [0.1, 0.15) is 29.0 Å². The molecule has 1 unspecified atom stereocenters. The van der Waals surface area contributed by atoms with Gasteiger partial charge in [-0.1, -0.05) is 45.9 Å². The predicted octanol–water partition coefficient (Wildman–Crippen LogP) is 8.31. The lowest BCUT2D eigenvalue weighted by atomic mass is 9.78. The summed E-state index contributed by atoms with van der Waals surface area (Å²) in [6.07, 6.45) is 12.8. The van der Waals surface area contributed by atoms with Gasteiger partial charge in [-0.25, -0.2) is 4.39 Å². The molecular formula is C64H81FN6O14. The number of pyridine rings is 1. The molecule has 1 aromatic heterocycles. The minimum absolute atomic E-state index is 0.0306. The van der Waals surface area contributed by atoms with Crippen molar-refractivity contribution in [1.29, 1.82) is 0 Å². The number of hydrazone groups is 1. The lowest BCUT2D eigenvalue weighted by molar-refractivity contribution is -0.160. The van der Waals surface area contributed by atoms with Crippen LogP contribution in [0.1, 0.15) is 127 Å². The zero-order chi connectivity index (χ0) is 61.3. The number of carbonyl (C=O) groups is 3. The van der Waals surface area contributed by atoms with Crippen molar-refractivity contribution >= 4 is 56.9 Å². The number of anilines is 2. The number of ketones is 1. The number of phenols is 3. The van der Waals surface area contributed by atoms with Gasteiger partial charge in [-0.2, -0.15) is 5.10 Å². The molecule has 4 aromatic rings. The van der Waals surface area contributed by atoms with Crippen molar-refractivity contribution in [1.82, 2.24) is 14.9 Å². The maximum atomic E-state index is 16.3. The molecule has 5 bridgehead atoms. The van der Waals surface area contributed by atoms with E-state index in [1.165, 1.54) is 65.5 Å². The minimum Gasteiger partial charge on any atom is -0.507 e. The van der Waals surface area contributed by atoms with Crippen molar-refractivity contribution < 1.29 is 68.0 Å². The van der Waals surface area contributed by atoms with E-state index in [0.717, 1.165) is 32.1 Å². The van der Waals surface area contributed by atoms with Crippen LogP contribution in [0.5, 0.6) is 28.7 Å². The zero-order valence-corrected chi connectivity index (χ0v) is 50.3. The number of aryl methyl sites for hydroxylation is 1. The molecule has 3 aromatic carbocycles. The topological polar surface area (TPSA) is 263 Å². The number of hydrogen-bond acceptors (Lipinski definition) is 18. The third kappa shape index (κ3) is 11.2. The quantitative estimate of drug-likeness (QED) is 0.0341. The summed E-state index contributed by atoms with van der Waals surface area (Å²) in [6.45, 7) is 16.5. The van der Waals surface area contributed by atoms with Gasteiger partial charge in [0.25, 0.3) is 11.7 Å². The summed E-state index contributed by atoms with van der Waals surface area (Å²) < 4.78 is 48.3. The fourth-order valence-electron chi connectivity index (χ4n) is 13.5. The van der Waals surface area contributed by atoms with Crippen LogP contribution in [-0.4, -0.2) is 141 Å². The van der Waals surface area contributed by atoms with Crippen LogP contribution in [0.25, 0.3) is 21.7 Å². The van der Waals surface area contributed by atoms with Crippen LogP contribution in [-0.2, 0) is 23.8 Å². The highest BCUT2D eigenvalue weighted by atomic mass is 19.1. The van der Waals surface area contributed by atoms with E-state index in [4.69, 9.17) is 28.8 Å². The second-order valence-electron chi connectivity index (χ2n) is 24.7. The Morgan fingerprint density at radius 2 is 1.61 bits per heavy atom. The maximum absolute atomic E-state index is 16.3. The second kappa shape index (κ2) is 23.6. The first-order chi connectivity index (χ1) is 40.3. The molecule has 7 N–H and O–H groups in total. The molecule has 0 spiro atoms. The number of rotatable bonds is 10. The molecule has 20 nitrogen and oxygen atoms in total. The molecular weight excluding hydrogens is 1100 g/mol. The number of carbonyl (C=O) groups excluding carboxylic acids is 3. The molecule has 2 aliphatic carbocycles. The van der Waals surface area contributed by atoms with Crippen LogP contribution in [0.3, 0.4) is 0 Å². The monoisotopic (exact) mass is 1180 g/mol. The lowest BCUT2D eigenvalue weighted by Crippen LogP contribution is -2.49. The SMILES string of the molecule is COc1c(N2CCC(C3(NC4CCN(/N=C/c5c6c(O)c7c(O)c(C)c8c(c7c5O)C(=O)[C@@](C)(O/C=C/[C@H](OC)[C@@H](C)[C@@H](OC(C)=O)[C@H](C)[C@H](O)[C@H](C)[C@@H](O)[C@@H](C)/C=C/C=C(/C)C(=O)N6)O8)CC4)CC3)C2)c(F)cc2c(=O)c(C)cn(C3CC3)c12. The van der Waals surface area contributed by atoms with E-state index in [-0.39, 0.29) is 73.4 Å². The summed E-state index contributed by atoms with van der Waals surface area (Å²) >= 11 is 0. The molecule has 11 rings (SSSR count). The molecule has 21 heteroatoms. The van der Waals surface area contributed by atoms with Crippen LogP contribution in [0, 0.1) is 49.3 Å². The van der Waals surface area contributed by atoms with Crippen LogP contribution in [0.15, 0.2) is 58.3 Å². The number of allylic oxidation sites excluding steroid dienone is 2. The van der Waals surface area contributed by atoms with Crippen LogP contribution in [0.4, 0.5) is 15.8 Å². The Morgan fingerprint density at radius 3 is 2.26 bits per heavy atom. The number of phenolic OH excluding ortho intramolecular Hbond substituents is 3. The number of nitrogens with zero attached hydrogens (tertiary/aromatic N) is 4. The molecule has 458 valence electrons. The number of benzene rings is 3. The fourth-order valence-corrected chi connectivity index (χ4v) is 13.5. The Kier molecular flexibility index (Phi) is 16.9. The lowest BCUT2D eigenvalue weighted by Gasteiger charge is -2.38. The fraction of sp³-hybridized carbons (Fsp3) is 0.547. The normalized spacial score (nSPS) is 29.9. The summed E-state index contributed by atoms with van der Waals surface area (Å²) in [4.78, 5) is 56.8. The molecule has 4 fully saturated rings. The van der Waals surface area contributed by atoms with Gasteiger partial charge in [0.2, 0.25) is 0 Å². The zero-order valence-electron chi connectivity index (χ0n) is 50.3. The van der Waals surface area contributed by atoms with E-state index >= 15 is 4.39 Å². The van der Waals surface area contributed by atoms with E-state index in [9.17, 15) is 44.7 Å². The predicted molar refractivity (Wildman–Crippen MR) is 319 cm³/mol. The number of fused-ring (bicyclic) bond motifs is 15. The summed E-state index contributed by atoms with van der Waals surface area (Å²) in [7, 11) is 2.98. The summed E-state index contributed by atoms with van der Waals surface area (Å²) in [5.74, 6) is -8.58. The van der Waals surface area contributed by atoms with Crippen molar-refractivity contribution in [2.45, 2.75) is 155 Å². The average Bonchev–Trinajstić information content (AvgIpc) is 1.74. The Bertz CT molecular complexity index is 3510. The Labute approximate surface area is 493 Å². The molecule has 85 heavy (non-hydrogen) atoms. The summed E-state index contributed by atoms with van der Waals surface area (Å²) in [6, 6.07) is 1.75. The van der Waals surface area contributed by atoms with Gasteiger partial charge in [-0.05, 0) is 83.8 Å². The second-order valence-corrected chi connectivity index (χ2v) is 24.7. The minimum atomic E-state index is -2.10. The average molecular weight is 1180 g/mol. The number of ether oxygens (including phenoxy) is 5. The number of nitrogens with one attached hydrogen (secondary N) is 2. The summed E-state index contributed by atoms with van der Waals surface area (Å²) in [5.41, 5.74) is 0.761. The van der Waals surface area contributed by atoms with Gasteiger partial charge < -0.3 is 69.3 Å². The van der Waals surface area contributed by atoms with Crippen LogP contribution >= 0.6 is 0 Å². The molecule has 5 aliphatic heterocycles. The Hall–Kier alpha value is -7.20. The highest BCUT2D eigenvalue weighted by Crippen LogP contribution is 2.56. The number of hydrogen-bond donors (Lipinski definition) is 7. The molecule has 0 radical (unpaired) electrons. The van der Waals surface area contributed by atoms with Crippen molar-refractivity contribution in [3.8, 4) is 28.7 Å². The number of esters is 1. The maximum Gasteiger partial charge on any atom is 0.312 e. The molecule has 1 amide bonds. The molecule has 6 heterocycles. The van der Waals surface area contributed by atoms with E-state index in [1.807, 2.05) is 11.2 Å². The van der Waals surface area contributed by atoms with Crippen molar-refractivity contribution in [3.05, 3.63) is 86.7 Å². The number of methoxy groups -OCH3 is 2. The highest BCUT2D eigenvalue weighted by Gasteiger charge is 2.53. The van der Waals surface area contributed by atoms with Gasteiger partial charge in [0.15, 0.2) is 22.7 Å². The summed E-state index contributed by atoms with van der Waals surface area (Å²) in [5, 5.41) is 72.9. The molecule has 2 saturated carbocycles. The van der Waals surface area contributed by atoms with Crippen LogP contribution < -0.4 is 30.4 Å². The third-order valence-electron chi connectivity index (χ3n) is 18.9. The van der Waals surface area contributed by atoms with Gasteiger partial charge in [-0.15, -0.1) is 0 Å². The largest absolute Gasteiger partial charge is 0.507 e. The molecule has 7 aliphatic rings. The number of halogens is 1. The number of piperidine rings is 1. The number of aromatic hydroxyl groups is 3. The first kappa shape index (κ1) is 60.9. The van der Waals surface area contributed by atoms with Crippen molar-refractivity contribution in [3.63, 3.8) is 0 Å².